The lowest BCUT2D eigenvalue weighted by molar-refractivity contribution is 0.0949. The molecule has 1 heterocycles. The van der Waals surface area contributed by atoms with Gasteiger partial charge < -0.3 is 9.73 Å². The minimum absolute atomic E-state index is 0.0687. The van der Waals surface area contributed by atoms with Crippen LogP contribution in [0.15, 0.2) is 39.5 Å². The Bertz CT molecular complexity index is 645. The maximum Gasteiger partial charge on any atom is 0.349 e. The molecule has 0 aliphatic rings. The molecule has 0 radical (unpaired) electrons. The van der Waals surface area contributed by atoms with Gasteiger partial charge in [-0.05, 0) is 18.6 Å². The molecule has 0 aliphatic heterocycles. The number of rotatable bonds is 6. The average Bonchev–Trinajstić information content (AvgIpc) is 2.46. The molecular weight excluding hydrogens is 254 g/mol. The number of para-hydroxylation sites is 1. The molecule has 2 aromatic rings. The van der Waals surface area contributed by atoms with E-state index in [2.05, 4.69) is 12.2 Å². The third kappa shape index (κ3) is 3.47. The molecule has 106 valence electrons. The van der Waals surface area contributed by atoms with Crippen LogP contribution in [-0.2, 0) is 0 Å². The summed E-state index contributed by atoms with van der Waals surface area (Å²) in [6.45, 7) is 2.73. The maximum atomic E-state index is 12.0. The molecule has 0 saturated heterocycles. The summed E-state index contributed by atoms with van der Waals surface area (Å²) in [5.41, 5.74) is -0.0223. The van der Waals surface area contributed by atoms with Crippen molar-refractivity contribution in [3.8, 4) is 0 Å². The Morgan fingerprint density at radius 1 is 1.20 bits per heavy atom. The minimum atomic E-state index is -0.588. The number of amides is 1. The van der Waals surface area contributed by atoms with E-state index in [0.29, 0.717) is 12.1 Å². The normalized spacial score (nSPS) is 10.7. The van der Waals surface area contributed by atoms with Crippen LogP contribution in [0.2, 0.25) is 0 Å². The first-order valence-corrected chi connectivity index (χ1v) is 7.03. The van der Waals surface area contributed by atoms with E-state index < -0.39 is 5.63 Å². The summed E-state index contributed by atoms with van der Waals surface area (Å²) in [7, 11) is 0. The molecule has 20 heavy (non-hydrogen) atoms. The molecule has 1 aromatic carbocycles. The van der Waals surface area contributed by atoms with Gasteiger partial charge in [-0.3, -0.25) is 4.79 Å². The summed E-state index contributed by atoms with van der Waals surface area (Å²) in [5, 5.41) is 3.52. The van der Waals surface area contributed by atoms with Crippen molar-refractivity contribution in [1.29, 1.82) is 0 Å². The molecule has 2 rings (SSSR count). The Hall–Kier alpha value is -2.10. The van der Waals surface area contributed by atoms with Crippen LogP contribution in [0.5, 0.6) is 0 Å². The molecule has 0 unspecified atom stereocenters. The van der Waals surface area contributed by atoms with Crippen molar-refractivity contribution < 1.29 is 9.21 Å². The number of hydrogen-bond acceptors (Lipinski definition) is 3. The second kappa shape index (κ2) is 6.89. The number of fused-ring (bicyclic) bond motifs is 1. The molecule has 0 atom stereocenters. The highest BCUT2D eigenvalue weighted by molar-refractivity contribution is 5.96. The summed E-state index contributed by atoms with van der Waals surface area (Å²) in [6, 6.07) is 8.75. The topological polar surface area (TPSA) is 59.3 Å². The van der Waals surface area contributed by atoms with Crippen LogP contribution in [0.4, 0.5) is 0 Å². The highest BCUT2D eigenvalue weighted by atomic mass is 16.4. The highest BCUT2D eigenvalue weighted by Crippen LogP contribution is 2.12. The van der Waals surface area contributed by atoms with E-state index in [1.54, 1.807) is 18.2 Å². The first-order chi connectivity index (χ1) is 9.72. The van der Waals surface area contributed by atoms with E-state index in [0.717, 1.165) is 31.1 Å². The number of unbranched alkanes of at least 4 members (excludes halogenated alkanes) is 3. The van der Waals surface area contributed by atoms with Gasteiger partial charge in [0.1, 0.15) is 11.1 Å². The summed E-state index contributed by atoms with van der Waals surface area (Å²) in [6.07, 6.45) is 4.33. The minimum Gasteiger partial charge on any atom is -0.422 e. The number of nitrogens with one attached hydrogen (secondary N) is 1. The number of hydrogen-bond donors (Lipinski definition) is 1. The standard InChI is InChI=1S/C16H19NO3/c1-2-3-4-7-10-17-15(18)13-11-12-8-5-6-9-14(12)20-16(13)19/h5-6,8-9,11H,2-4,7,10H2,1H3,(H,17,18). The fourth-order valence-electron chi connectivity index (χ4n) is 2.07. The Balaban J connectivity index is 2.06. The Labute approximate surface area is 117 Å². The highest BCUT2D eigenvalue weighted by Gasteiger charge is 2.12. The van der Waals surface area contributed by atoms with Crippen LogP contribution in [0, 0.1) is 0 Å². The zero-order valence-electron chi connectivity index (χ0n) is 11.6. The predicted octanol–water partition coefficient (Wildman–Crippen LogP) is 3.10. The van der Waals surface area contributed by atoms with Gasteiger partial charge in [-0.1, -0.05) is 44.4 Å². The van der Waals surface area contributed by atoms with Crippen LogP contribution >= 0.6 is 0 Å². The summed E-state index contributed by atoms with van der Waals surface area (Å²) in [4.78, 5) is 23.8. The van der Waals surface area contributed by atoms with Crippen molar-refractivity contribution in [2.45, 2.75) is 32.6 Å². The average molecular weight is 273 g/mol. The molecular formula is C16H19NO3. The lowest BCUT2D eigenvalue weighted by Crippen LogP contribution is -2.29. The van der Waals surface area contributed by atoms with Crippen LogP contribution in [-0.4, -0.2) is 12.5 Å². The fourth-order valence-corrected chi connectivity index (χ4v) is 2.07. The molecule has 1 amide bonds. The smallest absolute Gasteiger partial charge is 0.349 e. The van der Waals surface area contributed by atoms with Crippen molar-refractivity contribution in [2.75, 3.05) is 6.54 Å². The van der Waals surface area contributed by atoms with Gasteiger partial charge in [0.2, 0.25) is 0 Å². The van der Waals surface area contributed by atoms with Gasteiger partial charge in [0.15, 0.2) is 0 Å². The van der Waals surface area contributed by atoms with E-state index in [1.807, 2.05) is 12.1 Å². The molecule has 0 fully saturated rings. The first kappa shape index (κ1) is 14.3. The first-order valence-electron chi connectivity index (χ1n) is 7.03. The van der Waals surface area contributed by atoms with E-state index in [9.17, 15) is 9.59 Å². The number of carbonyl (C=O) groups excluding carboxylic acids is 1. The van der Waals surface area contributed by atoms with Gasteiger partial charge in [-0.25, -0.2) is 4.79 Å². The fraction of sp³-hybridized carbons (Fsp3) is 0.375. The zero-order chi connectivity index (χ0) is 14.4. The van der Waals surface area contributed by atoms with Gasteiger partial charge in [0.05, 0.1) is 0 Å². The van der Waals surface area contributed by atoms with Crippen LogP contribution in [0.25, 0.3) is 11.0 Å². The summed E-state index contributed by atoms with van der Waals surface area (Å²) < 4.78 is 5.14. The van der Waals surface area contributed by atoms with Crippen molar-refractivity contribution in [2.24, 2.45) is 0 Å². The van der Waals surface area contributed by atoms with Crippen molar-refractivity contribution in [3.05, 3.63) is 46.3 Å². The van der Waals surface area contributed by atoms with E-state index in [-0.39, 0.29) is 11.5 Å². The van der Waals surface area contributed by atoms with Gasteiger partial charge in [0.25, 0.3) is 5.91 Å². The third-order valence-electron chi connectivity index (χ3n) is 3.20. The molecule has 0 bridgehead atoms. The summed E-state index contributed by atoms with van der Waals surface area (Å²) in [5.74, 6) is -0.360. The SMILES string of the molecule is CCCCCCNC(=O)c1cc2ccccc2oc1=O. The van der Waals surface area contributed by atoms with Gasteiger partial charge in [-0.2, -0.15) is 0 Å². The molecule has 0 aliphatic carbocycles. The zero-order valence-corrected chi connectivity index (χ0v) is 11.6. The molecule has 0 spiro atoms. The van der Waals surface area contributed by atoms with Crippen molar-refractivity contribution >= 4 is 16.9 Å². The van der Waals surface area contributed by atoms with Crippen LogP contribution in [0.1, 0.15) is 43.0 Å². The largest absolute Gasteiger partial charge is 0.422 e. The quantitative estimate of drug-likeness (QED) is 0.650. The Kier molecular flexibility index (Phi) is 4.93. The molecule has 4 heteroatoms. The molecule has 0 saturated carbocycles. The molecule has 1 aromatic heterocycles. The number of carbonyl (C=O) groups is 1. The van der Waals surface area contributed by atoms with Crippen molar-refractivity contribution in [1.82, 2.24) is 5.32 Å². The Morgan fingerprint density at radius 3 is 2.80 bits per heavy atom. The van der Waals surface area contributed by atoms with Gasteiger partial charge in [-0.15, -0.1) is 0 Å². The maximum absolute atomic E-state index is 12.0. The monoisotopic (exact) mass is 273 g/mol. The Morgan fingerprint density at radius 2 is 2.00 bits per heavy atom. The second-order valence-electron chi connectivity index (χ2n) is 4.80. The van der Waals surface area contributed by atoms with Gasteiger partial charge >= 0.3 is 5.63 Å². The van der Waals surface area contributed by atoms with Crippen LogP contribution < -0.4 is 10.9 Å². The predicted molar refractivity (Wildman–Crippen MR) is 79.0 cm³/mol. The van der Waals surface area contributed by atoms with Crippen LogP contribution in [0.3, 0.4) is 0 Å². The summed E-state index contributed by atoms with van der Waals surface area (Å²) >= 11 is 0. The van der Waals surface area contributed by atoms with Crippen molar-refractivity contribution in [3.63, 3.8) is 0 Å². The second-order valence-corrected chi connectivity index (χ2v) is 4.80. The van der Waals surface area contributed by atoms with Gasteiger partial charge in [0, 0.05) is 11.9 Å². The third-order valence-corrected chi connectivity index (χ3v) is 3.20. The van der Waals surface area contributed by atoms with E-state index in [4.69, 9.17) is 4.42 Å². The molecule has 4 nitrogen and oxygen atoms in total. The lowest BCUT2D eigenvalue weighted by Gasteiger charge is -2.05. The number of benzene rings is 1. The van der Waals surface area contributed by atoms with E-state index in [1.165, 1.54) is 0 Å². The lowest BCUT2D eigenvalue weighted by atomic mass is 10.1. The van der Waals surface area contributed by atoms with E-state index >= 15 is 0 Å². The molecule has 1 N–H and O–H groups in total.